The predicted molar refractivity (Wildman–Crippen MR) is 109 cm³/mol. The number of amides is 1. The van der Waals surface area contributed by atoms with Crippen LogP contribution in [0.2, 0.25) is 5.02 Å². The monoisotopic (exact) mass is 395 g/mol. The molecule has 7 heteroatoms. The zero-order valence-electron chi connectivity index (χ0n) is 14.7. The molecule has 0 fully saturated rings. The van der Waals surface area contributed by atoms with Crippen LogP contribution in [0.15, 0.2) is 72.9 Å². The summed E-state index contributed by atoms with van der Waals surface area (Å²) in [4.78, 5) is 16.8. The molecule has 2 aromatic carbocycles. The van der Waals surface area contributed by atoms with Crippen molar-refractivity contribution in [1.82, 2.24) is 10.5 Å². The first-order chi connectivity index (χ1) is 13.6. The lowest BCUT2D eigenvalue weighted by Crippen LogP contribution is -2.21. The number of carbonyl (C=O) groups excluding carboxylic acids is 1. The highest BCUT2D eigenvalue weighted by Crippen LogP contribution is 2.29. The first kappa shape index (κ1) is 19.7. The van der Waals surface area contributed by atoms with Crippen molar-refractivity contribution in [2.24, 2.45) is 0 Å². The number of aliphatic hydroxyl groups excluding tert-OH is 1. The molecular formula is C21H18ClN3O3. The maximum absolute atomic E-state index is 12.5. The van der Waals surface area contributed by atoms with E-state index in [4.69, 9.17) is 16.8 Å². The molecule has 1 unspecified atom stereocenters. The molecule has 1 aromatic heterocycles. The van der Waals surface area contributed by atoms with Crippen LogP contribution in [0.4, 0.5) is 5.69 Å². The molecule has 6 nitrogen and oxygen atoms in total. The van der Waals surface area contributed by atoms with Gasteiger partial charge in [0.05, 0.1) is 10.7 Å². The molecule has 1 amide bonds. The highest BCUT2D eigenvalue weighted by atomic mass is 35.5. The molecule has 0 spiro atoms. The van der Waals surface area contributed by atoms with E-state index in [1.54, 1.807) is 60.2 Å². The van der Waals surface area contributed by atoms with E-state index >= 15 is 0 Å². The van der Waals surface area contributed by atoms with Crippen molar-refractivity contribution in [3.63, 3.8) is 0 Å². The Morgan fingerprint density at radius 1 is 1.11 bits per heavy atom. The number of carbonyl (C=O) groups is 1. The number of aliphatic hydroxyl groups is 1. The molecule has 0 radical (unpaired) electrons. The maximum atomic E-state index is 12.5. The Morgan fingerprint density at radius 2 is 1.89 bits per heavy atom. The number of halogens is 1. The van der Waals surface area contributed by atoms with Crippen LogP contribution >= 0.6 is 11.6 Å². The van der Waals surface area contributed by atoms with Gasteiger partial charge in [0.25, 0.3) is 5.91 Å². The van der Waals surface area contributed by atoms with Crippen molar-refractivity contribution in [2.75, 3.05) is 5.32 Å². The lowest BCUT2D eigenvalue weighted by molar-refractivity contribution is 0.0323. The van der Waals surface area contributed by atoms with Crippen molar-refractivity contribution < 1.29 is 15.1 Å². The second-order valence-electron chi connectivity index (χ2n) is 5.92. The minimum atomic E-state index is -1.15. The zero-order chi connectivity index (χ0) is 19.9. The third-order valence-corrected chi connectivity index (χ3v) is 4.27. The Labute approximate surface area is 167 Å². The molecule has 0 aliphatic rings. The van der Waals surface area contributed by atoms with Crippen LogP contribution < -0.4 is 10.8 Å². The van der Waals surface area contributed by atoms with Crippen molar-refractivity contribution >= 4 is 29.3 Å². The van der Waals surface area contributed by atoms with E-state index in [0.29, 0.717) is 16.3 Å². The van der Waals surface area contributed by atoms with Gasteiger partial charge in [0, 0.05) is 23.0 Å². The van der Waals surface area contributed by atoms with Gasteiger partial charge in [-0.25, -0.2) is 0 Å². The largest absolute Gasteiger partial charge is 0.373 e. The van der Waals surface area contributed by atoms with E-state index in [2.05, 4.69) is 10.3 Å². The van der Waals surface area contributed by atoms with Crippen LogP contribution in [0, 0.1) is 0 Å². The lowest BCUT2D eigenvalue weighted by atomic mass is 10.1. The fourth-order valence-electron chi connectivity index (χ4n) is 2.52. The fourth-order valence-corrected chi connectivity index (χ4v) is 2.73. The molecule has 0 aliphatic carbocycles. The third-order valence-electron chi connectivity index (χ3n) is 3.94. The van der Waals surface area contributed by atoms with Gasteiger partial charge in [0.15, 0.2) is 0 Å². The summed E-state index contributed by atoms with van der Waals surface area (Å²) in [5.74, 6) is -0.262. The topological polar surface area (TPSA) is 94.5 Å². The molecule has 3 rings (SSSR count). The SMILES string of the molecule is O=C(Nc1ccc(Cl)c(-c2ccccn2)c1)c1ccc(/C=C/C(O)NO)cc1. The predicted octanol–water partition coefficient (Wildman–Crippen LogP) is 3.96. The number of hydrogen-bond acceptors (Lipinski definition) is 5. The first-order valence-corrected chi connectivity index (χ1v) is 8.83. The van der Waals surface area contributed by atoms with Gasteiger partial charge in [0.2, 0.25) is 0 Å². The molecule has 0 bridgehead atoms. The van der Waals surface area contributed by atoms with Crippen LogP contribution in [-0.4, -0.2) is 27.4 Å². The summed E-state index contributed by atoms with van der Waals surface area (Å²) < 4.78 is 0. The molecule has 4 N–H and O–H groups in total. The number of benzene rings is 2. The summed E-state index contributed by atoms with van der Waals surface area (Å²) in [7, 11) is 0. The Kier molecular flexibility index (Phi) is 6.52. The smallest absolute Gasteiger partial charge is 0.255 e. The van der Waals surface area contributed by atoms with Crippen LogP contribution in [0.1, 0.15) is 15.9 Å². The van der Waals surface area contributed by atoms with Gasteiger partial charge in [-0.2, -0.15) is 5.48 Å². The molecular weight excluding hydrogens is 378 g/mol. The van der Waals surface area contributed by atoms with Gasteiger partial charge in [-0.15, -0.1) is 0 Å². The van der Waals surface area contributed by atoms with Gasteiger partial charge < -0.3 is 15.6 Å². The number of nitrogens with zero attached hydrogens (tertiary/aromatic N) is 1. The van der Waals surface area contributed by atoms with E-state index < -0.39 is 6.23 Å². The zero-order valence-corrected chi connectivity index (χ0v) is 15.5. The summed E-state index contributed by atoms with van der Waals surface area (Å²) in [6.07, 6.45) is 3.53. The van der Waals surface area contributed by atoms with Gasteiger partial charge in [-0.3, -0.25) is 9.78 Å². The Morgan fingerprint density at radius 3 is 2.57 bits per heavy atom. The minimum Gasteiger partial charge on any atom is -0.373 e. The highest BCUT2D eigenvalue weighted by molar-refractivity contribution is 6.33. The average Bonchev–Trinajstić information content (AvgIpc) is 2.74. The Balaban J connectivity index is 1.74. The number of pyridine rings is 1. The maximum Gasteiger partial charge on any atom is 0.255 e. The van der Waals surface area contributed by atoms with Crippen LogP contribution in [0.25, 0.3) is 17.3 Å². The van der Waals surface area contributed by atoms with E-state index in [9.17, 15) is 9.90 Å². The molecule has 0 aliphatic heterocycles. The number of aromatic nitrogens is 1. The fraction of sp³-hybridized carbons (Fsp3) is 0.0476. The van der Waals surface area contributed by atoms with E-state index in [1.807, 2.05) is 18.2 Å². The highest BCUT2D eigenvalue weighted by Gasteiger charge is 2.10. The third kappa shape index (κ3) is 5.03. The van der Waals surface area contributed by atoms with Crippen molar-refractivity contribution in [1.29, 1.82) is 0 Å². The molecule has 1 heterocycles. The summed E-state index contributed by atoms with van der Waals surface area (Å²) in [5.41, 5.74) is 5.02. The van der Waals surface area contributed by atoms with Crippen molar-refractivity contribution in [3.8, 4) is 11.3 Å². The van der Waals surface area contributed by atoms with E-state index in [1.165, 1.54) is 6.08 Å². The summed E-state index contributed by atoms with van der Waals surface area (Å²) in [5, 5.41) is 21.2. The van der Waals surface area contributed by atoms with Crippen molar-refractivity contribution in [3.05, 3.63) is 89.1 Å². The summed E-state index contributed by atoms with van der Waals surface area (Å²) >= 11 is 6.27. The number of anilines is 1. The minimum absolute atomic E-state index is 0.262. The first-order valence-electron chi connectivity index (χ1n) is 8.45. The number of rotatable bonds is 6. The van der Waals surface area contributed by atoms with Gasteiger partial charge in [-0.1, -0.05) is 35.9 Å². The normalized spacial score (nSPS) is 12.1. The summed E-state index contributed by atoms with van der Waals surface area (Å²) in [6, 6.07) is 17.6. The molecule has 3 aromatic rings. The summed E-state index contributed by atoms with van der Waals surface area (Å²) in [6.45, 7) is 0. The van der Waals surface area contributed by atoms with Gasteiger partial charge in [0.1, 0.15) is 6.23 Å². The lowest BCUT2D eigenvalue weighted by Gasteiger charge is -2.09. The number of nitrogens with one attached hydrogen (secondary N) is 2. The molecule has 0 saturated carbocycles. The molecule has 142 valence electrons. The van der Waals surface area contributed by atoms with Crippen molar-refractivity contribution in [2.45, 2.75) is 6.23 Å². The Bertz CT molecular complexity index is 976. The van der Waals surface area contributed by atoms with Crippen LogP contribution in [-0.2, 0) is 0 Å². The van der Waals surface area contributed by atoms with Gasteiger partial charge in [-0.05, 0) is 54.1 Å². The Hall–Kier alpha value is -3.03. The van der Waals surface area contributed by atoms with E-state index in [-0.39, 0.29) is 5.91 Å². The van der Waals surface area contributed by atoms with Crippen LogP contribution in [0.5, 0.6) is 0 Å². The van der Waals surface area contributed by atoms with Gasteiger partial charge >= 0.3 is 0 Å². The average molecular weight is 396 g/mol. The molecule has 28 heavy (non-hydrogen) atoms. The number of hydroxylamine groups is 1. The van der Waals surface area contributed by atoms with E-state index in [0.717, 1.165) is 16.8 Å². The van der Waals surface area contributed by atoms with Crippen LogP contribution in [0.3, 0.4) is 0 Å². The second kappa shape index (κ2) is 9.25. The number of hydrogen-bond donors (Lipinski definition) is 4. The molecule has 0 saturated heterocycles. The molecule has 1 atom stereocenters. The standard InChI is InChI=1S/C21H18ClN3O3/c22-18-10-9-16(13-17(18)19-3-1-2-12-23-19)24-21(27)15-7-4-14(5-8-15)6-11-20(26)25-28/h1-13,20,25-26,28H,(H,24,27)/b11-6+. The quantitative estimate of drug-likeness (QED) is 0.374. The second-order valence-corrected chi connectivity index (χ2v) is 6.33.